The number of rotatable bonds is 5. The molecule has 6 nitrogen and oxygen atoms in total. The Morgan fingerprint density at radius 2 is 2.08 bits per heavy atom. The van der Waals surface area contributed by atoms with E-state index in [2.05, 4.69) is 15.6 Å². The van der Waals surface area contributed by atoms with Gasteiger partial charge >= 0.3 is 0 Å². The molecule has 0 bridgehead atoms. The highest BCUT2D eigenvalue weighted by atomic mass is 16.2. The fraction of sp³-hybridized carbons (Fsp3) is 0.450. The molecule has 0 spiro atoms. The third kappa shape index (κ3) is 3.79. The number of aryl methyl sites for hydroxylation is 1. The average Bonchev–Trinajstić information content (AvgIpc) is 3.01. The summed E-state index contributed by atoms with van der Waals surface area (Å²) in [5, 5.41) is 5.86. The summed E-state index contributed by atoms with van der Waals surface area (Å²) in [6, 6.07) is 7.71. The number of nitrogens with one attached hydrogen (secondary N) is 2. The van der Waals surface area contributed by atoms with Gasteiger partial charge in [-0.05, 0) is 57.2 Å². The summed E-state index contributed by atoms with van der Waals surface area (Å²) < 4.78 is 1.90. The lowest BCUT2D eigenvalue weighted by molar-refractivity contribution is 0.0933. The number of anilines is 1. The summed E-state index contributed by atoms with van der Waals surface area (Å²) in [6.45, 7) is 6.68. The Balaban J connectivity index is 1.89. The molecule has 6 heteroatoms. The smallest absolute Gasteiger partial charge is 0.291 e. The van der Waals surface area contributed by atoms with E-state index >= 15 is 0 Å². The SMILES string of the molecule is CCC(C)NC(=O)c1nc(C(=O)Nc2cccc(C)c2)n2c1CCCC2. The van der Waals surface area contributed by atoms with Crippen LogP contribution in [-0.2, 0) is 13.0 Å². The summed E-state index contributed by atoms with van der Waals surface area (Å²) in [5.41, 5.74) is 3.06. The zero-order valence-electron chi connectivity index (χ0n) is 15.6. The predicted octanol–water partition coefficient (Wildman–Crippen LogP) is 3.31. The number of nitrogens with zero attached hydrogens (tertiary/aromatic N) is 2. The molecule has 0 saturated carbocycles. The topological polar surface area (TPSA) is 76.0 Å². The molecule has 3 rings (SSSR count). The van der Waals surface area contributed by atoms with Crippen LogP contribution in [0.2, 0.25) is 0 Å². The van der Waals surface area contributed by atoms with Crippen molar-refractivity contribution in [3.05, 3.63) is 47.0 Å². The number of carbonyl (C=O) groups excluding carboxylic acids is 2. The van der Waals surface area contributed by atoms with E-state index in [-0.39, 0.29) is 17.9 Å². The monoisotopic (exact) mass is 354 g/mol. The van der Waals surface area contributed by atoms with E-state index in [1.54, 1.807) is 0 Å². The Labute approximate surface area is 154 Å². The van der Waals surface area contributed by atoms with Gasteiger partial charge in [-0.25, -0.2) is 4.98 Å². The minimum absolute atomic E-state index is 0.0769. The second kappa shape index (κ2) is 7.72. The third-order valence-corrected chi connectivity index (χ3v) is 4.80. The highest BCUT2D eigenvalue weighted by molar-refractivity contribution is 6.03. The van der Waals surface area contributed by atoms with Crippen LogP contribution in [-0.4, -0.2) is 27.4 Å². The molecule has 1 aliphatic rings. The second-order valence-electron chi connectivity index (χ2n) is 6.95. The number of amides is 2. The average molecular weight is 354 g/mol. The van der Waals surface area contributed by atoms with E-state index in [1.165, 1.54) is 0 Å². The molecule has 1 aromatic carbocycles. The van der Waals surface area contributed by atoms with Gasteiger partial charge in [0.05, 0.1) is 5.69 Å². The fourth-order valence-corrected chi connectivity index (χ4v) is 3.20. The standard InChI is InChI=1S/C20H26N4O2/c1-4-14(3)21-19(25)17-16-10-5-6-11-24(16)18(23-17)20(26)22-15-9-7-8-13(2)12-15/h7-9,12,14H,4-6,10-11H2,1-3H3,(H,21,25)(H,22,26). The van der Waals surface area contributed by atoms with Crippen molar-refractivity contribution >= 4 is 17.5 Å². The highest BCUT2D eigenvalue weighted by Gasteiger charge is 2.27. The van der Waals surface area contributed by atoms with Gasteiger partial charge < -0.3 is 15.2 Å². The van der Waals surface area contributed by atoms with E-state index in [9.17, 15) is 9.59 Å². The van der Waals surface area contributed by atoms with Gasteiger partial charge in [0.1, 0.15) is 5.69 Å². The summed E-state index contributed by atoms with van der Waals surface area (Å²) in [7, 11) is 0. The van der Waals surface area contributed by atoms with E-state index in [4.69, 9.17) is 0 Å². The molecule has 0 aliphatic carbocycles. The van der Waals surface area contributed by atoms with Crippen molar-refractivity contribution in [3.8, 4) is 0 Å². The van der Waals surface area contributed by atoms with Gasteiger partial charge in [-0.15, -0.1) is 0 Å². The van der Waals surface area contributed by atoms with Crippen molar-refractivity contribution in [1.29, 1.82) is 0 Å². The number of benzene rings is 1. The number of imidazole rings is 1. The van der Waals surface area contributed by atoms with Gasteiger partial charge in [0.25, 0.3) is 11.8 Å². The molecule has 138 valence electrons. The largest absolute Gasteiger partial charge is 0.348 e. The summed E-state index contributed by atoms with van der Waals surface area (Å²) >= 11 is 0. The van der Waals surface area contributed by atoms with Crippen molar-refractivity contribution in [2.24, 2.45) is 0 Å². The lowest BCUT2D eigenvalue weighted by atomic mass is 10.1. The highest BCUT2D eigenvalue weighted by Crippen LogP contribution is 2.22. The minimum Gasteiger partial charge on any atom is -0.348 e. The van der Waals surface area contributed by atoms with Crippen molar-refractivity contribution in [3.63, 3.8) is 0 Å². The third-order valence-electron chi connectivity index (χ3n) is 4.80. The molecule has 2 heterocycles. The number of hydrogen-bond donors (Lipinski definition) is 2. The van der Waals surface area contributed by atoms with Crippen LogP contribution in [0.1, 0.15) is 65.5 Å². The molecular formula is C20H26N4O2. The molecule has 0 radical (unpaired) electrons. The molecule has 1 aromatic heterocycles. The Bertz CT molecular complexity index is 825. The zero-order chi connectivity index (χ0) is 18.7. The van der Waals surface area contributed by atoms with Gasteiger partial charge in [0.15, 0.2) is 5.82 Å². The Hall–Kier alpha value is -2.63. The normalized spacial score (nSPS) is 14.4. The van der Waals surface area contributed by atoms with Crippen molar-refractivity contribution in [2.75, 3.05) is 5.32 Å². The van der Waals surface area contributed by atoms with Crippen LogP contribution in [0.4, 0.5) is 5.69 Å². The van der Waals surface area contributed by atoms with Gasteiger partial charge in [0.2, 0.25) is 0 Å². The van der Waals surface area contributed by atoms with Crippen LogP contribution >= 0.6 is 0 Å². The molecule has 0 saturated heterocycles. The molecule has 2 aromatic rings. The number of fused-ring (bicyclic) bond motifs is 1. The van der Waals surface area contributed by atoms with Crippen LogP contribution < -0.4 is 10.6 Å². The van der Waals surface area contributed by atoms with E-state index in [0.29, 0.717) is 11.5 Å². The van der Waals surface area contributed by atoms with Crippen LogP contribution in [0.25, 0.3) is 0 Å². The van der Waals surface area contributed by atoms with Gasteiger partial charge in [-0.2, -0.15) is 0 Å². The quantitative estimate of drug-likeness (QED) is 0.865. The molecule has 0 fully saturated rings. The number of carbonyl (C=O) groups is 2. The molecule has 26 heavy (non-hydrogen) atoms. The number of aromatic nitrogens is 2. The van der Waals surface area contributed by atoms with Crippen LogP contribution in [0.3, 0.4) is 0 Å². The summed E-state index contributed by atoms with van der Waals surface area (Å²) in [6.07, 6.45) is 3.62. The first-order chi connectivity index (χ1) is 12.5. The van der Waals surface area contributed by atoms with Crippen molar-refractivity contribution in [2.45, 2.75) is 59.0 Å². The molecular weight excluding hydrogens is 328 g/mol. The first kappa shape index (κ1) is 18.2. The van der Waals surface area contributed by atoms with Gasteiger partial charge in [-0.3, -0.25) is 9.59 Å². The molecule has 1 atom stereocenters. The fourth-order valence-electron chi connectivity index (χ4n) is 3.20. The van der Waals surface area contributed by atoms with Crippen molar-refractivity contribution < 1.29 is 9.59 Å². The van der Waals surface area contributed by atoms with Crippen LogP contribution in [0, 0.1) is 6.92 Å². The maximum atomic E-state index is 12.8. The molecule has 1 aliphatic heterocycles. The maximum Gasteiger partial charge on any atom is 0.291 e. The molecule has 2 N–H and O–H groups in total. The summed E-state index contributed by atoms with van der Waals surface area (Å²) in [4.78, 5) is 29.8. The molecule has 1 unspecified atom stereocenters. The van der Waals surface area contributed by atoms with Crippen LogP contribution in [0.15, 0.2) is 24.3 Å². The van der Waals surface area contributed by atoms with Crippen molar-refractivity contribution in [1.82, 2.24) is 14.9 Å². The predicted molar refractivity (Wildman–Crippen MR) is 102 cm³/mol. The first-order valence-electron chi connectivity index (χ1n) is 9.28. The van der Waals surface area contributed by atoms with E-state index < -0.39 is 0 Å². The van der Waals surface area contributed by atoms with Gasteiger partial charge in [0, 0.05) is 18.3 Å². The lowest BCUT2D eigenvalue weighted by Crippen LogP contribution is -2.33. The van der Waals surface area contributed by atoms with Gasteiger partial charge in [-0.1, -0.05) is 19.1 Å². The summed E-state index contributed by atoms with van der Waals surface area (Å²) in [5.74, 6) is -0.156. The zero-order valence-corrected chi connectivity index (χ0v) is 15.6. The Kier molecular flexibility index (Phi) is 5.40. The second-order valence-corrected chi connectivity index (χ2v) is 6.95. The van der Waals surface area contributed by atoms with Crippen LogP contribution in [0.5, 0.6) is 0 Å². The Morgan fingerprint density at radius 3 is 2.81 bits per heavy atom. The van der Waals surface area contributed by atoms with E-state index in [0.717, 1.165) is 49.2 Å². The first-order valence-corrected chi connectivity index (χ1v) is 9.28. The van der Waals surface area contributed by atoms with E-state index in [1.807, 2.05) is 49.6 Å². The molecule has 2 amide bonds. The Morgan fingerprint density at radius 1 is 1.27 bits per heavy atom. The lowest BCUT2D eigenvalue weighted by Gasteiger charge is -2.17. The minimum atomic E-state index is -0.277. The number of hydrogen-bond acceptors (Lipinski definition) is 3. The maximum absolute atomic E-state index is 12.8.